The van der Waals surface area contributed by atoms with Crippen LogP contribution in [0, 0.1) is 0 Å². The molecular formula is C17H19N5O4S2. The molecular weight excluding hydrogens is 402 g/mol. The molecule has 1 N–H and O–H groups in total. The largest absolute Gasteiger partial charge is 0.461 e. The fourth-order valence-corrected chi connectivity index (χ4v) is 3.92. The highest BCUT2D eigenvalue weighted by Crippen LogP contribution is 2.23. The van der Waals surface area contributed by atoms with E-state index in [0.717, 1.165) is 4.31 Å². The highest BCUT2D eigenvalue weighted by Gasteiger charge is 2.17. The van der Waals surface area contributed by atoms with E-state index < -0.39 is 10.0 Å². The molecule has 3 aromatic rings. The lowest BCUT2D eigenvalue weighted by atomic mass is 10.3. The summed E-state index contributed by atoms with van der Waals surface area (Å²) in [6.07, 6.45) is 1.55. The maximum Gasteiger partial charge on any atom is 0.242 e. The van der Waals surface area contributed by atoms with Gasteiger partial charge in [0, 0.05) is 26.8 Å². The number of benzene rings is 1. The Morgan fingerprint density at radius 2 is 1.93 bits per heavy atom. The number of hydrogen-bond acceptors (Lipinski definition) is 7. The average Bonchev–Trinajstić information content (AvgIpc) is 3.30. The minimum atomic E-state index is -3.50. The van der Waals surface area contributed by atoms with Crippen molar-refractivity contribution in [3.05, 3.63) is 42.7 Å². The Labute approximate surface area is 166 Å². The van der Waals surface area contributed by atoms with Crippen LogP contribution in [0.25, 0.3) is 11.6 Å². The Morgan fingerprint density at radius 1 is 1.21 bits per heavy atom. The van der Waals surface area contributed by atoms with E-state index in [1.54, 1.807) is 42.1 Å². The van der Waals surface area contributed by atoms with Gasteiger partial charge < -0.3 is 14.3 Å². The predicted molar refractivity (Wildman–Crippen MR) is 105 cm³/mol. The molecule has 0 saturated carbocycles. The summed E-state index contributed by atoms with van der Waals surface area (Å²) in [4.78, 5) is 12.3. The molecule has 148 valence electrons. The Hall–Kier alpha value is -2.63. The van der Waals surface area contributed by atoms with Crippen molar-refractivity contribution in [3.63, 3.8) is 0 Å². The first-order valence-corrected chi connectivity index (χ1v) is 10.6. The van der Waals surface area contributed by atoms with Crippen molar-refractivity contribution >= 4 is 33.4 Å². The molecule has 0 spiro atoms. The molecule has 0 aliphatic heterocycles. The summed E-state index contributed by atoms with van der Waals surface area (Å²) in [5, 5.41) is 11.5. The van der Waals surface area contributed by atoms with Gasteiger partial charge in [-0.3, -0.25) is 4.79 Å². The summed E-state index contributed by atoms with van der Waals surface area (Å²) in [6, 6.07) is 9.56. The van der Waals surface area contributed by atoms with Crippen molar-refractivity contribution in [1.29, 1.82) is 0 Å². The van der Waals surface area contributed by atoms with Gasteiger partial charge in [0.2, 0.25) is 15.9 Å². The van der Waals surface area contributed by atoms with Crippen LogP contribution in [0.2, 0.25) is 0 Å². The standard InChI is InChI=1S/C17H19N5O4S2/c1-21(2)28(24,25)13-8-6-12(7-9-13)18-15(23)11-27-17-20-19-16(22(17)3)14-5-4-10-26-14/h4-10H,11H2,1-3H3,(H,18,23). The fraction of sp³-hybridized carbons (Fsp3) is 0.235. The number of nitrogens with zero attached hydrogens (tertiary/aromatic N) is 4. The van der Waals surface area contributed by atoms with E-state index in [9.17, 15) is 13.2 Å². The molecule has 1 aromatic carbocycles. The van der Waals surface area contributed by atoms with E-state index in [1.807, 2.05) is 0 Å². The number of thioether (sulfide) groups is 1. The Bertz CT molecular complexity index is 1060. The molecule has 0 atom stereocenters. The van der Waals surface area contributed by atoms with Crippen LogP contribution < -0.4 is 5.32 Å². The van der Waals surface area contributed by atoms with Crippen LogP contribution in [0.3, 0.4) is 0 Å². The molecule has 0 saturated heterocycles. The highest BCUT2D eigenvalue weighted by molar-refractivity contribution is 7.99. The molecule has 0 bridgehead atoms. The number of rotatable bonds is 7. The second-order valence-corrected chi connectivity index (χ2v) is 9.09. The first-order valence-electron chi connectivity index (χ1n) is 8.17. The summed E-state index contributed by atoms with van der Waals surface area (Å²) in [6.45, 7) is 0. The third kappa shape index (κ3) is 4.26. The Kier molecular flexibility index (Phi) is 5.87. The van der Waals surface area contributed by atoms with Crippen LogP contribution in [-0.4, -0.2) is 53.2 Å². The van der Waals surface area contributed by atoms with Crippen molar-refractivity contribution in [1.82, 2.24) is 19.1 Å². The molecule has 0 radical (unpaired) electrons. The van der Waals surface area contributed by atoms with Gasteiger partial charge in [-0.2, -0.15) is 0 Å². The molecule has 28 heavy (non-hydrogen) atoms. The molecule has 0 aliphatic rings. The molecule has 0 unspecified atom stereocenters. The monoisotopic (exact) mass is 421 g/mol. The van der Waals surface area contributed by atoms with Crippen molar-refractivity contribution in [2.24, 2.45) is 7.05 Å². The van der Waals surface area contributed by atoms with E-state index in [0.29, 0.717) is 22.4 Å². The zero-order valence-corrected chi connectivity index (χ0v) is 17.1. The van der Waals surface area contributed by atoms with Crippen molar-refractivity contribution in [2.75, 3.05) is 25.2 Å². The van der Waals surface area contributed by atoms with Crippen LogP contribution in [0.4, 0.5) is 5.69 Å². The van der Waals surface area contributed by atoms with Gasteiger partial charge in [-0.1, -0.05) is 11.8 Å². The number of aromatic nitrogens is 3. The van der Waals surface area contributed by atoms with E-state index in [2.05, 4.69) is 15.5 Å². The summed E-state index contributed by atoms with van der Waals surface area (Å²) < 4.78 is 32.3. The SMILES string of the molecule is CN(C)S(=O)(=O)c1ccc(NC(=O)CSc2nnc(-c3ccco3)n2C)cc1. The van der Waals surface area contributed by atoms with E-state index >= 15 is 0 Å². The fourth-order valence-electron chi connectivity index (χ4n) is 2.31. The van der Waals surface area contributed by atoms with Gasteiger partial charge in [0.15, 0.2) is 16.7 Å². The molecule has 9 nitrogen and oxygen atoms in total. The van der Waals surface area contributed by atoms with Gasteiger partial charge in [0.1, 0.15) is 0 Å². The van der Waals surface area contributed by atoms with Crippen molar-refractivity contribution < 1.29 is 17.6 Å². The summed E-state index contributed by atoms with van der Waals surface area (Å²) >= 11 is 1.24. The lowest BCUT2D eigenvalue weighted by molar-refractivity contribution is -0.113. The normalized spacial score (nSPS) is 11.7. The summed E-state index contributed by atoms with van der Waals surface area (Å²) in [7, 11) is 1.22. The molecule has 1 amide bonds. The number of nitrogens with one attached hydrogen (secondary N) is 1. The second kappa shape index (κ2) is 8.17. The lowest BCUT2D eigenvalue weighted by Crippen LogP contribution is -2.22. The van der Waals surface area contributed by atoms with E-state index in [1.165, 1.54) is 38.0 Å². The number of anilines is 1. The third-order valence-electron chi connectivity index (χ3n) is 3.83. The smallest absolute Gasteiger partial charge is 0.242 e. The van der Waals surface area contributed by atoms with E-state index in [-0.39, 0.29) is 16.6 Å². The quantitative estimate of drug-likeness (QED) is 0.581. The zero-order valence-electron chi connectivity index (χ0n) is 15.5. The Morgan fingerprint density at radius 3 is 2.54 bits per heavy atom. The first-order chi connectivity index (χ1) is 13.3. The molecule has 11 heteroatoms. The number of amides is 1. The summed E-state index contributed by atoms with van der Waals surface area (Å²) in [5.41, 5.74) is 0.512. The number of carbonyl (C=O) groups is 1. The minimum absolute atomic E-state index is 0.127. The third-order valence-corrected chi connectivity index (χ3v) is 6.68. The van der Waals surface area contributed by atoms with Gasteiger partial charge in [-0.15, -0.1) is 10.2 Å². The Balaban J connectivity index is 1.59. The van der Waals surface area contributed by atoms with Crippen molar-refractivity contribution in [2.45, 2.75) is 10.1 Å². The summed E-state index contributed by atoms with van der Waals surface area (Å²) in [5.74, 6) is 1.06. The van der Waals surface area contributed by atoms with Gasteiger partial charge in [0.05, 0.1) is 16.9 Å². The van der Waals surface area contributed by atoms with Crippen LogP contribution in [0.1, 0.15) is 0 Å². The van der Waals surface area contributed by atoms with Gasteiger partial charge in [0.25, 0.3) is 0 Å². The maximum atomic E-state index is 12.2. The van der Waals surface area contributed by atoms with Gasteiger partial charge >= 0.3 is 0 Å². The van der Waals surface area contributed by atoms with E-state index in [4.69, 9.17) is 4.42 Å². The molecule has 2 aromatic heterocycles. The zero-order chi connectivity index (χ0) is 20.3. The average molecular weight is 422 g/mol. The first kappa shape index (κ1) is 20.1. The number of hydrogen-bond donors (Lipinski definition) is 1. The van der Waals surface area contributed by atoms with Gasteiger partial charge in [-0.25, -0.2) is 12.7 Å². The van der Waals surface area contributed by atoms with Crippen LogP contribution >= 0.6 is 11.8 Å². The second-order valence-electron chi connectivity index (χ2n) is 5.99. The molecule has 2 heterocycles. The van der Waals surface area contributed by atoms with Crippen molar-refractivity contribution in [3.8, 4) is 11.6 Å². The molecule has 3 rings (SSSR count). The number of carbonyl (C=O) groups excluding carboxylic acids is 1. The van der Waals surface area contributed by atoms with Crippen LogP contribution in [-0.2, 0) is 21.9 Å². The van der Waals surface area contributed by atoms with Gasteiger partial charge in [-0.05, 0) is 36.4 Å². The van der Waals surface area contributed by atoms with Crippen LogP contribution in [0.15, 0.2) is 57.1 Å². The lowest BCUT2D eigenvalue weighted by Gasteiger charge is -2.12. The van der Waals surface area contributed by atoms with Crippen LogP contribution in [0.5, 0.6) is 0 Å². The maximum absolute atomic E-state index is 12.2. The molecule has 0 fully saturated rings. The topological polar surface area (TPSA) is 110 Å². The number of sulfonamides is 1. The highest BCUT2D eigenvalue weighted by atomic mass is 32.2. The predicted octanol–water partition coefficient (Wildman–Crippen LogP) is 2.06. The molecule has 0 aliphatic carbocycles. The number of furan rings is 1. The minimum Gasteiger partial charge on any atom is -0.461 e.